The molecular formula is C14H24F3N3O2. The maximum absolute atomic E-state index is 12.4. The van der Waals surface area contributed by atoms with Crippen LogP contribution in [-0.4, -0.2) is 69.0 Å². The maximum atomic E-state index is 12.4. The second kappa shape index (κ2) is 7.14. The summed E-state index contributed by atoms with van der Waals surface area (Å²) in [4.78, 5) is 13.8. The van der Waals surface area contributed by atoms with Gasteiger partial charge in [-0.2, -0.15) is 13.2 Å². The largest absolute Gasteiger partial charge is 0.401 e. The molecular weight excluding hydrogens is 299 g/mol. The van der Waals surface area contributed by atoms with E-state index in [1.807, 2.05) is 0 Å². The predicted octanol–water partition coefficient (Wildman–Crippen LogP) is 0.755. The molecule has 128 valence electrons. The molecule has 2 fully saturated rings. The average molecular weight is 323 g/mol. The van der Waals surface area contributed by atoms with Crippen LogP contribution < -0.4 is 10.6 Å². The van der Waals surface area contributed by atoms with Crippen LogP contribution in [-0.2, 0) is 9.53 Å². The average Bonchev–Trinajstić information content (AvgIpc) is 2.90. The van der Waals surface area contributed by atoms with Crippen molar-refractivity contribution in [2.45, 2.75) is 31.0 Å². The van der Waals surface area contributed by atoms with E-state index in [2.05, 4.69) is 10.6 Å². The summed E-state index contributed by atoms with van der Waals surface area (Å²) < 4.78 is 42.5. The molecule has 0 bridgehead atoms. The van der Waals surface area contributed by atoms with E-state index in [1.54, 1.807) is 0 Å². The highest BCUT2D eigenvalue weighted by Gasteiger charge is 2.40. The number of nitrogens with one attached hydrogen (secondary N) is 2. The summed E-state index contributed by atoms with van der Waals surface area (Å²) in [6, 6.07) is 0. The number of piperidine rings is 1. The van der Waals surface area contributed by atoms with Gasteiger partial charge in [-0.05, 0) is 44.8 Å². The molecule has 2 aliphatic heterocycles. The van der Waals surface area contributed by atoms with Crippen LogP contribution in [0.1, 0.15) is 19.3 Å². The SMILES string of the molecule is COC1(C(=O)NCC2CCN(CC(F)(F)F)C2)CCNCC1. The Bertz CT molecular complexity index is 384. The van der Waals surface area contributed by atoms with Crippen molar-refractivity contribution < 1.29 is 22.7 Å². The Kier molecular flexibility index (Phi) is 5.68. The second-order valence-corrected chi connectivity index (χ2v) is 6.16. The fraction of sp³-hybridized carbons (Fsp3) is 0.929. The molecule has 1 amide bonds. The molecule has 0 aromatic rings. The van der Waals surface area contributed by atoms with E-state index in [0.29, 0.717) is 38.9 Å². The summed E-state index contributed by atoms with van der Waals surface area (Å²) in [6.45, 7) is 1.80. The smallest absolute Gasteiger partial charge is 0.368 e. The van der Waals surface area contributed by atoms with E-state index in [-0.39, 0.29) is 11.8 Å². The Hall–Kier alpha value is -0.860. The molecule has 2 heterocycles. The Labute approximate surface area is 128 Å². The van der Waals surface area contributed by atoms with Crippen molar-refractivity contribution in [1.82, 2.24) is 15.5 Å². The number of carbonyl (C=O) groups is 1. The summed E-state index contributed by atoms with van der Waals surface area (Å²) in [5.41, 5.74) is -0.796. The topological polar surface area (TPSA) is 53.6 Å². The molecule has 5 nitrogen and oxygen atoms in total. The molecule has 1 unspecified atom stereocenters. The molecule has 2 saturated heterocycles. The number of alkyl halides is 3. The molecule has 1 atom stereocenters. The molecule has 2 aliphatic rings. The highest BCUT2D eigenvalue weighted by Crippen LogP contribution is 2.24. The van der Waals surface area contributed by atoms with E-state index in [1.165, 1.54) is 12.0 Å². The number of amides is 1. The standard InChI is InChI=1S/C14H24F3N3O2/c1-22-13(3-5-18-6-4-13)12(21)19-8-11-2-7-20(9-11)10-14(15,16)17/h11,18H,2-10H2,1H3,(H,19,21). The van der Waals surface area contributed by atoms with Gasteiger partial charge in [-0.15, -0.1) is 0 Å². The first-order valence-electron chi connectivity index (χ1n) is 7.68. The maximum Gasteiger partial charge on any atom is 0.401 e. The number of hydrogen-bond donors (Lipinski definition) is 2. The van der Waals surface area contributed by atoms with Gasteiger partial charge in [-0.3, -0.25) is 9.69 Å². The Morgan fingerprint density at radius 2 is 2.09 bits per heavy atom. The van der Waals surface area contributed by atoms with Crippen molar-refractivity contribution in [2.75, 3.05) is 46.4 Å². The summed E-state index contributed by atoms with van der Waals surface area (Å²) in [5.74, 6) is -0.0762. The molecule has 0 spiro atoms. The zero-order valence-corrected chi connectivity index (χ0v) is 12.8. The highest BCUT2D eigenvalue weighted by atomic mass is 19.4. The summed E-state index contributed by atoms with van der Waals surface area (Å²) >= 11 is 0. The molecule has 0 saturated carbocycles. The van der Waals surface area contributed by atoms with Gasteiger partial charge in [0.05, 0.1) is 6.54 Å². The molecule has 0 aromatic carbocycles. The molecule has 2 rings (SSSR count). The van der Waals surface area contributed by atoms with Gasteiger partial charge in [0.25, 0.3) is 5.91 Å². The number of nitrogens with zero attached hydrogens (tertiary/aromatic N) is 1. The zero-order valence-electron chi connectivity index (χ0n) is 12.8. The van der Waals surface area contributed by atoms with E-state index >= 15 is 0 Å². The van der Waals surface area contributed by atoms with Gasteiger partial charge in [0.1, 0.15) is 5.60 Å². The fourth-order valence-electron chi connectivity index (χ4n) is 3.23. The lowest BCUT2D eigenvalue weighted by Gasteiger charge is -2.35. The van der Waals surface area contributed by atoms with Crippen molar-refractivity contribution in [2.24, 2.45) is 5.92 Å². The van der Waals surface area contributed by atoms with Crippen LogP contribution in [0.2, 0.25) is 0 Å². The third-order valence-corrected chi connectivity index (χ3v) is 4.54. The van der Waals surface area contributed by atoms with E-state index in [4.69, 9.17) is 4.74 Å². The van der Waals surface area contributed by atoms with Crippen LogP contribution in [0.3, 0.4) is 0 Å². The Morgan fingerprint density at radius 1 is 1.41 bits per heavy atom. The fourth-order valence-corrected chi connectivity index (χ4v) is 3.23. The first kappa shape index (κ1) is 17.5. The lowest BCUT2D eigenvalue weighted by Crippen LogP contribution is -2.54. The summed E-state index contributed by atoms with van der Waals surface area (Å²) in [5, 5.41) is 6.05. The third kappa shape index (κ3) is 4.57. The van der Waals surface area contributed by atoms with Crippen molar-refractivity contribution in [3.63, 3.8) is 0 Å². The number of methoxy groups -OCH3 is 1. The van der Waals surface area contributed by atoms with Gasteiger partial charge in [0.2, 0.25) is 0 Å². The van der Waals surface area contributed by atoms with Gasteiger partial charge in [-0.25, -0.2) is 0 Å². The molecule has 0 aromatic heterocycles. The molecule has 22 heavy (non-hydrogen) atoms. The predicted molar refractivity (Wildman–Crippen MR) is 75.5 cm³/mol. The van der Waals surface area contributed by atoms with E-state index in [0.717, 1.165) is 13.1 Å². The number of likely N-dealkylation sites (tertiary alicyclic amines) is 1. The minimum Gasteiger partial charge on any atom is -0.368 e. The van der Waals surface area contributed by atoms with Gasteiger partial charge in [-0.1, -0.05) is 0 Å². The minimum atomic E-state index is -4.16. The molecule has 8 heteroatoms. The van der Waals surface area contributed by atoms with Crippen molar-refractivity contribution in [3.05, 3.63) is 0 Å². The van der Waals surface area contributed by atoms with Crippen molar-refractivity contribution >= 4 is 5.91 Å². The monoisotopic (exact) mass is 323 g/mol. The lowest BCUT2D eigenvalue weighted by molar-refractivity contribution is -0.147. The summed E-state index contributed by atoms with van der Waals surface area (Å²) in [7, 11) is 1.53. The first-order valence-corrected chi connectivity index (χ1v) is 7.68. The van der Waals surface area contributed by atoms with Gasteiger partial charge in [0, 0.05) is 20.2 Å². The van der Waals surface area contributed by atoms with Crippen LogP contribution in [0.25, 0.3) is 0 Å². The minimum absolute atomic E-state index is 0.0712. The third-order valence-electron chi connectivity index (χ3n) is 4.54. The number of hydrogen-bond acceptors (Lipinski definition) is 4. The summed E-state index contributed by atoms with van der Waals surface area (Å²) in [6.07, 6.45) is -2.26. The molecule has 2 N–H and O–H groups in total. The van der Waals surface area contributed by atoms with Gasteiger partial charge >= 0.3 is 6.18 Å². The number of rotatable bonds is 5. The first-order chi connectivity index (χ1) is 10.3. The molecule has 0 aliphatic carbocycles. The van der Waals surface area contributed by atoms with Crippen LogP contribution in [0.5, 0.6) is 0 Å². The van der Waals surface area contributed by atoms with Crippen LogP contribution in [0.15, 0.2) is 0 Å². The van der Waals surface area contributed by atoms with Crippen molar-refractivity contribution in [3.8, 4) is 0 Å². The Morgan fingerprint density at radius 3 is 2.68 bits per heavy atom. The highest BCUT2D eigenvalue weighted by molar-refractivity contribution is 5.85. The van der Waals surface area contributed by atoms with E-state index < -0.39 is 18.3 Å². The van der Waals surface area contributed by atoms with Crippen LogP contribution in [0, 0.1) is 5.92 Å². The van der Waals surface area contributed by atoms with Crippen LogP contribution in [0.4, 0.5) is 13.2 Å². The number of carbonyl (C=O) groups excluding carboxylic acids is 1. The molecule has 0 radical (unpaired) electrons. The lowest BCUT2D eigenvalue weighted by atomic mass is 9.91. The number of ether oxygens (including phenoxy) is 1. The van der Waals surface area contributed by atoms with Gasteiger partial charge in [0.15, 0.2) is 0 Å². The normalized spacial score (nSPS) is 26.1. The zero-order chi connectivity index (χ0) is 16.2. The number of halogens is 3. The van der Waals surface area contributed by atoms with Gasteiger partial charge < -0.3 is 15.4 Å². The second-order valence-electron chi connectivity index (χ2n) is 6.16. The van der Waals surface area contributed by atoms with Crippen molar-refractivity contribution in [1.29, 1.82) is 0 Å². The van der Waals surface area contributed by atoms with E-state index in [9.17, 15) is 18.0 Å². The van der Waals surface area contributed by atoms with Crippen LogP contribution >= 0.6 is 0 Å². The quantitative estimate of drug-likeness (QED) is 0.784. The Balaban J connectivity index is 1.77.